The van der Waals surface area contributed by atoms with E-state index in [4.69, 9.17) is 0 Å². The first-order valence-corrected chi connectivity index (χ1v) is 5.49. The van der Waals surface area contributed by atoms with Gasteiger partial charge in [0, 0.05) is 11.7 Å². The lowest BCUT2D eigenvalue weighted by Crippen LogP contribution is -2.22. The highest BCUT2D eigenvalue weighted by molar-refractivity contribution is 5.51. The Hall–Kier alpha value is -0.980. The van der Waals surface area contributed by atoms with Crippen LogP contribution in [-0.4, -0.2) is 6.04 Å². The highest BCUT2D eigenvalue weighted by Gasteiger charge is 2.07. The van der Waals surface area contributed by atoms with Crippen molar-refractivity contribution < 1.29 is 0 Å². The van der Waals surface area contributed by atoms with Crippen molar-refractivity contribution in [2.24, 2.45) is 5.92 Å². The molecule has 1 N–H and O–H groups in total. The van der Waals surface area contributed by atoms with Gasteiger partial charge in [0.15, 0.2) is 0 Å². The van der Waals surface area contributed by atoms with Gasteiger partial charge in [-0.2, -0.15) is 0 Å². The molecular weight excluding hydrogens is 170 g/mol. The quantitative estimate of drug-likeness (QED) is 0.765. The summed E-state index contributed by atoms with van der Waals surface area (Å²) in [6.07, 6.45) is 1.09. The lowest BCUT2D eigenvalue weighted by Gasteiger charge is -2.20. The first kappa shape index (κ1) is 11.1. The van der Waals surface area contributed by atoms with E-state index in [1.807, 2.05) is 0 Å². The molecule has 1 aromatic carbocycles. The van der Waals surface area contributed by atoms with Gasteiger partial charge in [-0.3, -0.25) is 0 Å². The summed E-state index contributed by atoms with van der Waals surface area (Å²) in [6.45, 7) is 8.91. The molecule has 0 aliphatic heterocycles. The molecule has 1 rings (SSSR count). The molecule has 0 radical (unpaired) electrons. The maximum atomic E-state index is 3.56. The van der Waals surface area contributed by atoms with Crippen LogP contribution in [-0.2, 0) is 6.42 Å². The summed E-state index contributed by atoms with van der Waals surface area (Å²) in [4.78, 5) is 0. The van der Waals surface area contributed by atoms with E-state index < -0.39 is 0 Å². The first-order chi connectivity index (χ1) is 6.65. The molecule has 0 fully saturated rings. The molecule has 0 saturated heterocycles. The summed E-state index contributed by atoms with van der Waals surface area (Å²) in [5, 5.41) is 3.56. The molecule has 0 bridgehead atoms. The van der Waals surface area contributed by atoms with Crippen LogP contribution in [0.2, 0.25) is 0 Å². The Balaban J connectivity index is 2.75. The van der Waals surface area contributed by atoms with Crippen LogP contribution in [0.25, 0.3) is 0 Å². The second-order valence-electron chi connectivity index (χ2n) is 4.19. The minimum atomic E-state index is 0.530. The molecule has 0 spiro atoms. The van der Waals surface area contributed by atoms with E-state index in [-0.39, 0.29) is 0 Å². The third-order valence-electron chi connectivity index (χ3n) is 2.78. The van der Waals surface area contributed by atoms with Crippen molar-refractivity contribution in [2.45, 2.75) is 40.2 Å². The van der Waals surface area contributed by atoms with Crippen molar-refractivity contribution in [2.75, 3.05) is 5.32 Å². The van der Waals surface area contributed by atoms with E-state index in [0.717, 1.165) is 6.42 Å². The fraction of sp³-hybridized carbons (Fsp3) is 0.538. The number of benzene rings is 1. The van der Waals surface area contributed by atoms with Gasteiger partial charge in [0.2, 0.25) is 0 Å². The smallest absolute Gasteiger partial charge is 0.0374 e. The maximum absolute atomic E-state index is 3.56. The Kier molecular flexibility index (Phi) is 3.99. The third kappa shape index (κ3) is 2.76. The second-order valence-corrected chi connectivity index (χ2v) is 4.19. The topological polar surface area (TPSA) is 12.0 Å². The van der Waals surface area contributed by atoms with E-state index in [1.54, 1.807) is 0 Å². The van der Waals surface area contributed by atoms with Gasteiger partial charge in [0.25, 0.3) is 0 Å². The lowest BCUT2D eigenvalue weighted by atomic mass is 10.0. The predicted molar refractivity (Wildman–Crippen MR) is 63.7 cm³/mol. The number of nitrogens with one attached hydrogen (secondary N) is 1. The molecule has 0 aliphatic carbocycles. The molecule has 1 aromatic rings. The van der Waals surface area contributed by atoms with E-state index in [9.17, 15) is 0 Å². The normalized spacial score (nSPS) is 12.9. The molecule has 0 heterocycles. The third-order valence-corrected chi connectivity index (χ3v) is 2.78. The molecule has 0 aromatic heterocycles. The second kappa shape index (κ2) is 5.04. The maximum Gasteiger partial charge on any atom is 0.0374 e. The SMILES string of the molecule is CCc1ccccc1N[C@H](C)C(C)C. The minimum Gasteiger partial charge on any atom is -0.382 e. The van der Waals surface area contributed by atoms with Gasteiger partial charge >= 0.3 is 0 Å². The number of para-hydroxylation sites is 1. The summed E-state index contributed by atoms with van der Waals surface area (Å²) in [6, 6.07) is 9.08. The van der Waals surface area contributed by atoms with Crippen molar-refractivity contribution in [1.82, 2.24) is 0 Å². The van der Waals surface area contributed by atoms with E-state index in [0.29, 0.717) is 12.0 Å². The highest BCUT2D eigenvalue weighted by atomic mass is 14.9. The Labute approximate surface area is 87.5 Å². The zero-order valence-corrected chi connectivity index (χ0v) is 9.67. The van der Waals surface area contributed by atoms with Gasteiger partial charge in [-0.05, 0) is 30.9 Å². The lowest BCUT2D eigenvalue weighted by molar-refractivity contribution is 0.559. The van der Waals surface area contributed by atoms with Crippen molar-refractivity contribution >= 4 is 5.69 Å². The minimum absolute atomic E-state index is 0.530. The Bertz CT molecular complexity index is 278. The van der Waals surface area contributed by atoms with Gasteiger partial charge < -0.3 is 5.32 Å². The average Bonchev–Trinajstić information content (AvgIpc) is 2.18. The molecule has 1 nitrogen and oxygen atoms in total. The zero-order chi connectivity index (χ0) is 10.6. The van der Waals surface area contributed by atoms with Gasteiger partial charge in [0.1, 0.15) is 0 Å². The molecule has 0 amide bonds. The summed E-state index contributed by atoms with van der Waals surface area (Å²) < 4.78 is 0. The highest BCUT2D eigenvalue weighted by Crippen LogP contribution is 2.18. The van der Waals surface area contributed by atoms with E-state index in [1.165, 1.54) is 11.3 Å². The first-order valence-electron chi connectivity index (χ1n) is 5.49. The Morgan fingerprint density at radius 2 is 1.79 bits per heavy atom. The van der Waals surface area contributed by atoms with Crippen molar-refractivity contribution in [3.05, 3.63) is 29.8 Å². The van der Waals surface area contributed by atoms with Gasteiger partial charge in [-0.25, -0.2) is 0 Å². The van der Waals surface area contributed by atoms with Crippen LogP contribution in [0.3, 0.4) is 0 Å². The summed E-state index contributed by atoms with van der Waals surface area (Å²) in [5.41, 5.74) is 2.69. The fourth-order valence-corrected chi connectivity index (χ4v) is 1.38. The molecular formula is C13H21N. The van der Waals surface area contributed by atoms with Crippen LogP contribution < -0.4 is 5.32 Å². The van der Waals surface area contributed by atoms with Crippen LogP contribution in [0.5, 0.6) is 0 Å². The van der Waals surface area contributed by atoms with Gasteiger partial charge in [0.05, 0.1) is 0 Å². The predicted octanol–water partition coefficient (Wildman–Crippen LogP) is 3.71. The number of anilines is 1. The summed E-state index contributed by atoms with van der Waals surface area (Å²) in [5.74, 6) is 0.667. The van der Waals surface area contributed by atoms with Crippen LogP contribution in [0, 0.1) is 5.92 Å². The molecule has 0 aliphatic rings. The molecule has 1 atom stereocenters. The van der Waals surface area contributed by atoms with Crippen LogP contribution in [0.4, 0.5) is 5.69 Å². The number of hydrogen-bond acceptors (Lipinski definition) is 1. The average molecular weight is 191 g/mol. The van der Waals surface area contributed by atoms with Crippen LogP contribution in [0.1, 0.15) is 33.3 Å². The Morgan fingerprint density at radius 1 is 1.14 bits per heavy atom. The summed E-state index contributed by atoms with van der Waals surface area (Å²) in [7, 11) is 0. The van der Waals surface area contributed by atoms with E-state index in [2.05, 4.69) is 57.3 Å². The standard InChI is InChI=1S/C13H21N/c1-5-12-8-6-7-9-13(12)14-11(4)10(2)3/h6-11,14H,5H2,1-4H3/t11-/m1/s1. The van der Waals surface area contributed by atoms with Gasteiger partial charge in [-0.15, -0.1) is 0 Å². The number of rotatable bonds is 4. The van der Waals surface area contributed by atoms with Crippen molar-refractivity contribution in [3.63, 3.8) is 0 Å². The Morgan fingerprint density at radius 3 is 2.36 bits per heavy atom. The molecule has 14 heavy (non-hydrogen) atoms. The fourth-order valence-electron chi connectivity index (χ4n) is 1.38. The zero-order valence-electron chi connectivity index (χ0n) is 9.67. The number of aryl methyl sites for hydroxylation is 1. The molecule has 0 saturated carbocycles. The summed E-state index contributed by atoms with van der Waals surface area (Å²) >= 11 is 0. The van der Waals surface area contributed by atoms with E-state index >= 15 is 0 Å². The van der Waals surface area contributed by atoms with Crippen LogP contribution in [0.15, 0.2) is 24.3 Å². The molecule has 1 heteroatoms. The molecule has 0 unspecified atom stereocenters. The van der Waals surface area contributed by atoms with Crippen LogP contribution >= 0.6 is 0 Å². The largest absolute Gasteiger partial charge is 0.382 e. The van der Waals surface area contributed by atoms with Crippen molar-refractivity contribution in [1.29, 1.82) is 0 Å². The molecule has 78 valence electrons. The van der Waals surface area contributed by atoms with Gasteiger partial charge in [-0.1, -0.05) is 39.0 Å². The monoisotopic (exact) mass is 191 g/mol. The number of hydrogen-bond donors (Lipinski definition) is 1. The van der Waals surface area contributed by atoms with Crippen molar-refractivity contribution in [3.8, 4) is 0 Å².